The number of hydrogen-bond acceptors (Lipinski definition) is 7. The lowest BCUT2D eigenvalue weighted by Crippen LogP contribution is -2.54. The average Bonchev–Trinajstić information content (AvgIpc) is 2.71. The minimum atomic E-state index is -0.422. The lowest BCUT2D eigenvalue weighted by Gasteiger charge is -2.41. The van der Waals surface area contributed by atoms with E-state index in [4.69, 9.17) is 14.3 Å². The molecule has 0 atom stereocenters. The van der Waals surface area contributed by atoms with Gasteiger partial charge < -0.3 is 14.3 Å². The van der Waals surface area contributed by atoms with Crippen molar-refractivity contribution in [3.63, 3.8) is 0 Å². The number of thioether (sulfide) groups is 1. The fraction of sp³-hybridized carbons (Fsp3) is 0.524. The van der Waals surface area contributed by atoms with E-state index in [0.717, 1.165) is 24.4 Å². The molecule has 1 aromatic rings. The van der Waals surface area contributed by atoms with Gasteiger partial charge in [0.05, 0.1) is 18.8 Å². The zero-order valence-corrected chi connectivity index (χ0v) is 18.0. The standard InChI is InChI=1S/C21H30N2O4S/c1-16(2)20(24)26-14-15-27-22-19(17-6-8-18(28-5)9-7-17)21(3,4)23-10-12-25-13-11-23/h6-9H,1,10-15H2,2-5H3. The van der Waals surface area contributed by atoms with Gasteiger partial charge in [-0.2, -0.15) is 0 Å². The molecule has 0 unspecified atom stereocenters. The van der Waals surface area contributed by atoms with Gasteiger partial charge in [0.2, 0.25) is 0 Å². The number of carbonyl (C=O) groups is 1. The quantitative estimate of drug-likeness (QED) is 0.157. The highest BCUT2D eigenvalue weighted by Gasteiger charge is 2.35. The average molecular weight is 407 g/mol. The summed E-state index contributed by atoms with van der Waals surface area (Å²) in [6.07, 6.45) is 2.05. The molecule has 2 rings (SSSR count). The Kier molecular flexibility index (Phi) is 8.54. The Morgan fingerprint density at radius 3 is 2.46 bits per heavy atom. The molecule has 0 radical (unpaired) electrons. The molecule has 154 valence electrons. The van der Waals surface area contributed by atoms with Gasteiger partial charge >= 0.3 is 5.97 Å². The summed E-state index contributed by atoms with van der Waals surface area (Å²) < 4.78 is 10.6. The molecule has 1 aromatic carbocycles. The van der Waals surface area contributed by atoms with Crippen LogP contribution >= 0.6 is 11.8 Å². The van der Waals surface area contributed by atoms with E-state index in [9.17, 15) is 4.79 Å². The molecule has 6 nitrogen and oxygen atoms in total. The van der Waals surface area contributed by atoms with Gasteiger partial charge in [0.15, 0.2) is 6.61 Å². The van der Waals surface area contributed by atoms with Crippen molar-refractivity contribution in [3.05, 3.63) is 42.0 Å². The molecule has 0 bridgehead atoms. The van der Waals surface area contributed by atoms with Gasteiger partial charge in [-0.3, -0.25) is 4.90 Å². The predicted octanol–water partition coefficient (Wildman–Crippen LogP) is 3.36. The van der Waals surface area contributed by atoms with Gasteiger partial charge in [-0.05, 0) is 39.2 Å². The number of ether oxygens (including phenoxy) is 2. The Labute approximate surface area is 171 Å². The van der Waals surface area contributed by atoms with E-state index >= 15 is 0 Å². The highest BCUT2D eigenvalue weighted by Crippen LogP contribution is 2.25. The molecule has 0 amide bonds. The van der Waals surface area contributed by atoms with Crippen LogP contribution in [0.2, 0.25) is 0 Å². The highest BCUT2D eigenvalue weighted by molar-refractivity contribution is 7.98. The topological polar surface area (TPSA) is 60.4 Å². The summed E-state index contributed by atoms with van der Waals surface area (Å²) in [6.45, 7) is 12.9. The third-order valence-corrected chi connectivity index (χ3v) is 5.40. The smallest absolute Gasteiger partial charge is 0.333 e. The molecule has 1 fully saturated rings. The van der Waals surface area contributed by atoms with Gasteiger partial charge in [0.1, 0.15) is 12.3 Å². The minimum absolute atomic E-state index is 0.131. The van der Waals surface area contributed by atoms with E-state index in [-0.39, 0.29) is 18.8 Å². The normalized spacial score (nSPS) is 15.9. The summed E-state index contributed by atoms with van der Waals surface area (Å²) in [7, 11) is 0. The van der Waals surface area contributed by atoms with Crippen LogP contribution in [0.15, 0.2) is 46.5 Å². The van der Waals surface area contributed by atoms with Crippen molar-refractivity contribution >= 4 is 23.4 Å². The molecule has 0 aliphatic carbocycles. The highest BCUT2D eigenvalue weighted by atomic mass is 32.2. The number of nitrogens with zero attached hydrogens (tertiary/aromatic N) is 2. The lowest BCUT2D eigenvalue weighted by atomic mass is 9.90. The SMILES string of the molecule is C=C(C)C(=O)OCCON=C(c1ccc(SC)cc1)C(C)(C)N1CCOCC1. The summed E-state index contributed by atoms with van der Waals surface area (Å²) >= 11 is 1.70. The summed E-state index contributed by atoms with van der Waals surface area (Å²) in [5.41, 5.74) is 1.88. The molecule has 28 heavy (non-hydrogen) atoms. The minimum Gasteiger partial charge on any atom is -0.459 e. The molecular weight excluding hydrogens is 376 g/mol. The second kappa shape index (κ2) is 10.6. The fourth-order valence-electron chi connectivity index (χ4n) is 2.94. The van der Waals surface area contributed by atoms with Crippen LogP contribution in [0.1, 0.15) is 26.3 Å². The Morgan fingerprint density at radius 1 is 1.25 bits per heavy atom. The van der Waals surface area contributed by atoms with Crippen molar-refractivity contribution in [1.29, 1.82) is 0 Å². The van der Waals surface area contributed by atoms with E-state index in [1.54, 1.807) is 18.7 Å². The molecule has 0 aromatic heterocycles. The number of oxime groups is 1. The van der Waals surface area contributed by atoms with Gasteiger partial charge in [0, 0.05) is 29.1 Å². The maximum absolute atomic E-state index is 11.5. The van der Waals surface area contributed by atoms with Crippen molar-refractivity contribution in [2.45, 2.75) is 31.2 Å². The molecule has 0 N–H and O–H groups in total. The maximum Gasteiger partial charge on any atom is 0.333 e. The molecule has 7 heteroatoms. The Balaban J connectivity index is 2.15. The number of esters is 1. The zero-order valence-electron chi connectivity index (χ0n) is 17.2. The van der Waals surface area contributed by atoms with Crippen molar-refractivity contribution in [3.8, 4) is 0 Å². The Morgan fingerprint density at radius 2 is 1.89 bits per heavy atom. The van der Waals surface area contributed by atoms with Crippen LogP contribution in [-0.2, 0) is 19.1 Å². The molecule has 1 aliphatic heterocycles. The summed E-state index contributed by atoms with van der Waals surface area (Å²) in [6, 6.07) is 8.30. The summed E-state index contributed by atoms with van der Waals surface area (Å²) in [5, 5.41) is 4.45. The second-order valence-electron chi connectivity index (χ2n) is 7.08. The third-order valence-electron chi connectivity index (χ3n) is 4.66. The fourth-order valence-corrected chi connectivity index (χ4v) is 3.35. The summed E-state index contributed by atoms with van der Waals surface area (Å²) in [5.74, 6) is -0.422. The summed E-state index contributed by atoms with van der Waals surface area (Å²) in [4.78, 5) is 20.5. The molecule has 1 heterocycles. The molecule has 0 saturated carbocycles. The van der Waals surface area contributed by atoms with Crippen LogP contribution in [0, 0.1) is 0 Å². The molecular formula is C21H30N2O4S. The maximum atomic E-state index is 11.5. The van der Waals surface area contributed by atoms with Gasteiger partial charge in [-0.1, -0.05) is 23.9 Å². The molecule has 1 saturated heterocycles. The van der Waals surface area contributed by atoms with Crippen molar-refractivity contribution in [1.82, 2.24) is 4.90 Å². The molecule has 0 spiro atoms. The van der Waals surface area contributed by atoms with Crippen LogP contribution < -0.4 is 0 Å². The van der Waals surface area contributed by atoms with E-state index in [1.165, 1.54) is 4.90 Å². The van der Waals surface area contributed by atoms with Gasteiger partial charge in [0.25, 0.3) is 0 Å². The zero-order chi connectivity index (χ0) is 20.6. The van der Waals surface area contributed by atoms with Gasteiger partial charge in [-0.15, -0.1) is 11.8 Å². The lowest BCUT2D eigenvalue weighted by molar-refractivity contribution is -0.140. The monoisotopic (exact) mass is 406 g/mol. The number of benzene rings is 1. The Hall–Kier alpha value is -1.83. The second-order valence-corrected chi connectivity index (χ2v) is 7.96. The van der Waals surface area contributed by atoms with Crippen LogP contribution in [0.4, 0.5) is 0 Å². The third kappa shape index (κ3) is 6.09. The van der Waals surface area contributed by atoms with E-state index < -0.39 is 5.97 Å². The predicted molar refractivity (Wildman–Crippen MR) is 113 cm³/mol. The van der Waals surface area contributed by atoms with E-state index in [0.29, 0.717) is 18.8 Å². The number of rotatable bonds is 9. The number of carbonyl (C=O) groups excluding carboxylic acids is 1. The van der Waals surface area contributed by atoms with Crippen LogP contribution in [0.5, 0.6) is 0 Å². The van der Waals surface area contributed by atoms with Crippen molar-refractivity contribution in [2.75, 3.05) is 45.8 Å². The first-order valence-corrected chi connectivity index (χ1v) is 10.6. The van der Waals surface area contributed by atoms with Crippen LogP contribution in [0.3, 0.4) is 0 Å². The largest absolute Gasteiger partial charge is 0.459 e. The number of hydrogen-bond donors (Lipinski definition) is 0. The van der Waals surface area contributed by atoms with Gasteiger partial charge in [-0.25, -0.2) is 4.79 Å². The van der Waals surface area contributed by atoms with E-state index in [1.807, 2.05) is 0 Å². The van der Waals surface area contributed by atoms with Crippen LogP contribution in [-0.4, -0.2) is 67.9 Å². The van der Waals surface area contributed by atoms with Crippen molar-refractivity contribution in [2.24, 2.45) is 5.16 Å². The first kappa shape index (κ1) is 22.5. The van der Waals surface area contributed by atoms with Crippen molar-refractivity contribution < 1.29 is 19.1 Å². The van der Waals surface area contributed by atoms with E-state index in [2.05, 4.69) is 61.0 Å². The Bertz CT molecular complexity index is 695. The first-order valence-electron chi connectivity index (χ1n) is 9.36. The number of morpholine rings is 1. The molecule has 1 aliphatic rings. The first-order chi connectivity index (χ1) is 13.4. The van der Waals surface area contributed by atoms with Crippen LogP contribution in [0.25, 0.3) is 0 Å².